The molecule has 6 nitrogen and oxygen atoms in total. The van der Waals surface area contributed by atoms with Gasteiger partial charge in [-0.2, -0.15) is 0 Å². The van der Waals surface area contributed by atoms with E-state index in [0.29, 0.717) is 36.9 Å². The Balaban J connectivity index is 2.10. The minimum atomic E-state index is -0.435. The van der Waals surface area contributed by atoms with Gasteiger partial charge in [0.2, 0.25) is 0 Å². The molecule has 0 aliphatic heterocycles. The SMILES string of the molecule is CCCCc1ccc(C(=O)N(CCCOC)Cc2nc(C(=O)OCC)cs2)cc1. The molecule has 0 saturated carbocycles. The molecule has 1 amide bonds. The standard InChI is InChI=1S/C22H30N2O4S/c1-4-6-8-17-9-11-18(12-10-17)21(25)24(13-7-14-27-3)15-20-23-19(16-29-20)22(26)28-5-2/h9-12,16H,4-8,13-15H2,1-3H3. The summed E-state index contributed by atoms with van der Waals surface area (Å²) in [5.41, 5.74) is 2.19. The van der Waals surface area contributed by atoms with Gasteiger partial charge in [-0.3, -0.25) is 4.79 Å². The lowest BCUT2D eigenvalue weighted by atomic mass is 10.1. The van der Waals surface area contributed by atoms with E-state index < -0.39 is 5.97 Å². The molecule has 0 saturated heterocycles. The first-order valence-electron chi connectivity index (χ1n) is 10.1. The minimum Gasteiger partial charge on any atom is -0.461 e. The summed E-state index contributed by atoms with van der Waals surface area (Å²) in [4.78, 5) is 31.0. The molecule has 2 rings (SSSR count). The fourth-order valence-corrected chi connectivity index (χ4v) is 3.65. The zero-order chi connectivity index (χ0) is 21.1. The zero-order valence-corrected chi connectivity index (χ0v) is 18.3. The van der Waals surface area contributed by atoms with Crippen LogP contribution in [0.4, 0.5) is 0 Å². The van der Waals surface area contributed by atoms with E-state index >= 15 is 0 Å². The number of esters is 1. The van der Waals surface area contributed by atoms with E-state index in [1.807, 2.05) is 24.3 Å². The Bertz CT molecular complexity index is 773. The smallest absolute Gasteiger partial charge is 0.357 e. The Morgan fingerprint density at radius 2 is 1.90 bits per heavy atom. The molecule has 158 valence electrons. The predicted molar refractivity (Wildman–Crippen MR) is 114 cm³/mol. The van der Waals surface area contributed by atoms with Gasteiger partial charge in [0.15, 0.2) is 5.69 Å². The second-order valence-electron chi connectivity index (χ2n) is 6.72. The first kappa shape index (κ1) is 23.0. The van der Waals surface area contributed by atoms with E-state index in [4.69, 9.17) is 9.47 Å². The highest BCUT2D eigenvalue weighted by molar-refractivity contribution is 7.09. The first-order chi connectivity index (χ1) is 14.1. The molecule has 0 bridgehead atoms. The van der Waals surface area contributed by atoms with Crippen LogP contribution in [0.5, 0.6) is 0 Å². The monoisotopic (exact) mass is 418 g/mol. The van der Waals surface area contributed by atoms with Crippen LogP contribution in [0, 0.1) is 0 Å². The van der Waals surface area contributed by atoms with Crippen LogP contribution in [0.2, 0.25) is 0 Å². The van der Waals surface area contributed by atoms with Crippen LogP contribution in [0.15, 0.2) is 29.6 Å². The van der Waals surface area contributed by atoms with Crippen molar-refractivity contribution in [3.63, 3.8) is 0 Å². The predicted octanol–water partition coefficient (Wildman–Crippen LogP) is 4.34. The number of ether oxygens (including phenoxy) is 2. The van der Waals surface area contributed by atoms with Gasteiger partial charge >= 0.3 is 5.97 Å². The quantitative estimate of drug-likeness (QED) is 0.379. The zero-order valence-electron chi connectivity index (χ0n) is 17.5. The maximum atomic E-state index is 13.1. The molecular formula is C22H30N2O4S. The fourth-order valence-electron chi connectivity index (χ4n) is 2.88. The van der Waals surface area contributed by atoms with E-state index in [2.05, 4.69) is 11.9 Å². The van der Waals surface area contributed by atoms with Crippen LogP contribution >= 0.6 is 11.3 Å². The van der Waals surface area contributed by atoms with Crippen molar-refractivity contribution in [2.24, 2.45) is 0 Å². The van der Waals surface area contributed by atoms with E-state index in [1.165, 1.54) is 16.9 Å². The van der Waals surface area contributed by atoms with Crippen molar-refractivity contribution in [2.75, 3.05) is 26.9 Å². The molecule has 0 atom stereocenters. The summed E-state index contributed by atoms with van der Waals surface area (Å²) in [6, 6.07) is 7.84. The van der Waals surface area contributed by atoms with Gasteiger partial charge in [0.25, 0.3) is 5.91 Å². The molecule has 7 heteroatoms. The molecule has 1 aromatic carbocycles. The van der Waals surface area contributed by atoms with Crippen molar-refractivity contribution in [1.82, 2.24) is 9.88 Å². The lowest BCUT2D eigenvalue weighted by Gasteiger charge is -2.22. The van der Waals surface area contributed by atoms with Gasteiger partial charge in [0.05, 0.1) is 13.2 Å². The van der Waals surface area contributed by atoms with Crippen LogP contribution in [-0.4, -0.2) is 48.6 Å². The number of aryl methyl sites for hydroxylation is 1. The summed E-state index contributed by atoms with van der Waals surface area (Å²) < 4.78 is 10.1. The van der Waals surface area contributed by atoms with Crippen LogP contribution in [0.3, 0.4) is 0 Å². The number of rotatable bonds is 12. The summed E-state index contributed by atoms with van der Waals surface area (Å²) in [6.07, 6.45) is 4.05. The van der Waals surface area contributed by atoms with Crippen LogP contribution in [-0.2, 0) is 22.4 Å². The van der Waals surface area contributed by atoms with E-state index in [1.54, 1.807) is 24.3 Å². The van der Waals surface area contributed by atoms with Gasteiger partial charge in [-0.1, -0.05) is 25.5 Å². The number of nitrogens with zero attached hydrogens (tertiary/aromatic N) is 2. The highest BCUT2D eigenvalue weighted by Crippen LogP contribution is 2.17. The van der Waals surface area contributed by atoms with Gasteiger partial charge in [0.1, 0.15) is 5.01 Å². The van der Waals surface area contributed by atoms with Gasteiger partial charge in [-0.25, -0.2) is 9.78 Å². The average Bonchev–Trinajstić information content (AvgIpc) is 3.20. The minimum absolute atomic E-state index is 0.0453. The third kappa shape index (κ3) is 7.25. The average molecular weight is 419 g/mol. The lowest BCUT2D eigenvalue weighted by molar-refractivity contribution is 0.0520. The number of aromatic nitrogens is 1. The number of methoxy groups -OCH3 is 1. The summed E-state index contributed by atoms with van der Waals surface area (Å²) in [6.45, 7) is 5.71. The molecule has 0 aliphatic rings. The number of carbonyl (C=O) groups is 2. The Hall–Kier alpha value is -2.25. The van der Waals surface area contributed by atoms with Crippen molar-refractivity contribution >= 4 is 23.2 Å². The van der Waals surface area contributed by atoms with E-state index in [-0.39, 0.29) is 11.6 Å². The Kier molecular flexibility index (Phi) is 9.80. The van der Waals surface area contributed by atoms with Crippen molar-refractivity contribution < 1.29 is 19.1 Å². The van der Waals surface area contributed by atoms with Gasteiger partial charge < -0.3 is 14.4 Å². The van der Waals surface area contributed by atoms with E-state index in [0.717, 1.165) is 25.7 Å². The summed E-state index contributed by atoms with van der Waals surface area (Å²) in [5.74, 6) is -0.481. The Morgan fingerprint density at radius 1 is 1.14 bits per heavy atom. The van der Waals surface area contributed by atoms with E-state index in [9.17, 15) is 9.59 Å². The molecule has 0 N–H and O–H groups in total. The molecule has 0 aliphatic carbocycles. The van der Waals surface area contributed by atoms with Crippen LogP contribution in [0.1, 0.15) is 64.5 Å². The molecule has 29 heavy (non-hydrogen) atoms. The number of hydrogen-bond acceptors (Lipinski definition) is 6. The van der Waals surface area contributed by atoms with Crippen LogP contribution < -0.4 is 0 Å². The highest BCUT2D eigenvalue weighted by Gasteiger charge is 2.19. The van der Waals surface area contributed by atoms with Gasteiger partial charge in [-0.05, 0) is 43.9 Å². The molecular weight excluding hydrogens is 388 g/mol. The highest BCUT2D eigenvalue weighted by atomic mass is 32.1. The van der Waals surface area contributed by atoms with Gasteiger partial charge in [-0.15, -0.1) is 11.3 Å². The number of hydrogen-bond donors (Lipinski definition) is 0. The fraction of sp³-hybridized carbons (Fsp3) is 0.500. The molecule has 0 unspecified atom stereocenters. The normalized spacial score (nSPS) is 10.7. The molecule has 1 heterocycles. The number of benzene rings is 1. The topological polar surface area (TPSA) is 68.7 Å². The van der Waals surface area contributed by atoms with Crippen molar-refractivity contribution in [3.05, 3.63) is 51.5 Å². The summed E-state index contributed by atoms with van der Waals surface area (Å²) >= 11 is 1.36. The molecule has 0 spiro atoms. The van der Waals surface area contributed by atoms with Crippen molar-refractivity contribution in [1.29, 1.82) is 0 Å². The summed E-state index contributed by atoms with van der Waals surface area (Å²) in [7, 11) is 1.65. The second-order valence-corrected chi connectivity index (χ2v) is 7.66. The first-order valence-corrected chi connectivity index (χ1v) is 11.0. The third-order valence-electron chi connectivity index (χ3n) is 4.45. The maximum absolute atomic E-state index is 13.1. The molecule has 1 aromatic heterocycles. The largest absolute Gasteiger partial charge is 0.461 e. The number of carbonyl (C=O) groups excluding carboxylic acids is 2. The Morgan fingerprint density at radius 3 is 2.55 bits per heavy atom. The van der Waals surface area contributed by atoms with Crippen molar-refractivity contribution in [3.8, 4) is 0 Å². The van der Waals surface area contributed by atoms with Crippen molar-refractivity contribution in [2.45, 2.75) is 46.1 Å². The number of amides is 1. The second kappa shape index (κ2) is 12.3. The molecule has 0 fully saturated rings. The third-order valence-corrected chi connectivity index (χ3v) is 5.28. The maximum Gasteiger partial charge on any atom is 0.357 e. The van der Waals surface area contributed by atoms with Crippen LogP contribution in [0.25, 0.3) is 0 Å². The summed E-state index contributed by atoms with van der Waals surface area (Å²) in [5, 5.41) is 2.38. The number of thiazole rings is 1. The molecule has 0 radical (unpaired) electrons. The lowest BCUT2D eigenvalue weighted by Crippen LogP contribution is -2.32. The Labute approximate surface area is 176 Å². The van der Waals surface area contributed by atoms with Gasteiger partial charge in [0, 0.05) is 31.2 Å². The number of unbranched alkanes of at least 4 members (excludes halogenated alkanes) is 1. The molecule has 2 aromatic rings.